The lowest BCUT2D eigenvalue weighted by Crippen LogP contribution is -2.61. The van der Waals surface area contributed by atoms with Gasteiger partial charge in [0.15, 0.2) is 17.6 Å². The number of carbonyl (C=O) groups excluding carboxylic acids is 3. The molecule has 1 unspecified atom stereocenters. The Hall–Kier alpha value is -2.35. The van der Waals surface area contributed by atoms with Gasteiger partial charge in [-0.1, -0.05) is 12.2 Å². The van der Waals surface area contributed by atoms with Gasteiger partial charge in [-0.2, -0.15) is 0 Å². The molecule has 0 aromatic carbocycles. The number of nitrogens with zero attached hydrogens (tertiary/aromatic N) is 1. The van der Waals surface area contributed by atoms with Crippen LogP contribution in [-0.4, -0.2) is 57.0 Å². The van der Waals surface area contributed by atoms with Gasteiger partial charge in [0.2, 0.25) is 0 Å². The van der Waals surface area contributed by atoms with E-state index in [1.54, 1.807) is 41.5 Å². The molecular weight excluding hydrogens is 364 g/mol. The van der Waals surface area contributed by atoms with E-state index in [9.17, 15) is 19.5 Å². The largest absolute Gasteiger partial charge is 0.444 e. The summed E-state index contributed by atoms with van der Waals surface area (Å²) in [6, 6.07) is -1.04. The van der Waals surface area contributed by atoms with Crippen LogP contribution in [0.4, 0.5) is 9.59 Å². The van der Waals surface area contributed by atoms with Crippen molar-refractivity contribution in [3.05, 3.63) is 25.3 Å². The van der Waals surface area contributed by atoms with Crippen molar-refractivity contribution in [3.63, 3.8) is 0 Å². The fraction of sp³-hybridized carbons (Fsp3) is 0.650. The Balaban J connectivity index is 3.34. The van der Waals surface area contributed by atoms with Crippen LogP contribution < -0.4 is 5.32 Å². The van der Waals surface area contributed by atoms with Crippen LogP contribution in [0.25, 0.3) is 0 Å². The molecule has 1 heterocycles. The minimum absolute atomic E-state index is 0.0873. The molecule has 2 amide bonds. The molecular formula is C20H32N2O6. The predicted molar refractivity (Wildman–Crippen MR) is 105 cm³/mol. The van der Waals surface area contributed by atoms with E-state index in [2.05, 4.69) is 18.5 Å². The lowest BCUT2D eigenvalue weighted by Gasteiger charge is -2.34. The monoisotopic (exact) mass is 396 g/mol. The molecule has 8 heteroatoms. The summed E-state index contributed by atoms with van der Waals surface area (Å²) >= 11 is 0. The summed E-state index contributed by atoms with van der Waals surface area (Å²) < 4.78 is 10.6. The third kappa shape index (κ3) is 5.34. The van der Waals surface area contributed by atoms with Crippen molar-refractivity contribution in [3.8, 4) is 0 Å². The van der Waals surface area contributed by atoms with Crippen molar-refractivity contribution < 1.29 is 29.0 Å². The number of ether oxygens (including phenoxy) is 2. The van der Waals surface area contributed by atoms with Crippen molar-refractivity contribution in [1.82, 2.24) is 10.2 Å². The van der Waals surface area contributed by atoms with Crippen LogP contribution in [0.15, 0.2) is 25.3 Å². The van der Waals surface area contributed by atoms with Crippen LogP contribution in [0.2, 0.25) is 0 Å². The normalized spacial score (nSPS) is 25.2. The molecule has 0 aromatic rings. The smallest absolute Gasteiger partial charge is 0.413 e. The van der Waals surface area contributed by atoms with Gasteiger partial charge in [-0.15, -0.1) is 13.2 Å². The molecule has 1 saturated heterocycles. The van der Waals surface area contributed by atoms with Gasteiger partial charge in [-0.3, -0.25) is 9.69 Å². The molecule has 8 nitrogen and oxygen atoms in total. The average molecular weight is 396 g/mol. The van der Waals surface area contributed by atoms with Crippen molar-refractivity contribution in [2.75, 3.05) is 0 Å². The molecule has 1 fully saturated rings. The van der Waals surface area contributed by atoms with E-state index >= 15 is 0 Å². The average Bonchev–Trinajstić information content (AvgIpc) is 2.67. The first-order valence-electron chi connectivity index (χ1n) is 9.15. The van der Waals surface area contributed by atoms with Crippen LogP contribution in [0, 0.1) is 0 Å². The van der Waals surface area contributed by atoms with Crippen molar-refractivity contribution >= 4 is 18.0 Å². The standard InChI is InChI=1S/C20H32N2O6/c1-9-11-13-14(23)20(12-10-2,21-16(25)27-18(3,4)5)15(24)22(13)17(26)28-19(6,7)8/h9-10,13,15,24H,1-2,11-12H2,3-8H3,(H,21,25)/t13-,15?,20-/m0/s1. The number of alkyl carbamates (subject to hydrolysis) is 1. The number of amides is 2. The first-order valence-corrected chi connectivity index (χ1v) is 9.15. The van der Waals surface area contributed by atoms with Gasteiger partial charge in [-0.05, 0) is 54.4 Å². The summed E-state index contributed by atoms with van der Waals surface area (Å²) in [4.78, 5) is 39.2. The summed E-state index contributed by atoms with van der Waals surface area (Å²) in [6.07, 6.45) is -0.567. The minimum atomic E-state index is -1.80. The maximum Gasteiger partial charge on any atom is 0.413 e. The van der Waals surface area contributed by atoms with Gasteiger partial charge < -0.3 is 19.9 Å². The number of aliphatic hydroxyl groups is 1. The van der Waals surface area contributed by atoms with E-state index in [-0.39, 0.29) is 12.8 Å². The van der Waals surface area contributed by atoms with E-state index in [4.69, 9.17) is 9.47 Å². The predicted octanol–water partition coefficient (Wildman–Crippen LogP) is 2.91. The Labute approximate surface area is 166 Å². The lowest BCUT2D eigenvalue weighted by molar-refractivity contribution is -0.125. The molecule has 1 rings (SSSR count). The summed E-state index contributed by atoms with van der Waals surface area (Å²) in [5, 5.41) is 13.4. The first-order chi connectivity index (χ1) is 12.7. The fourth-order valence-corrected chi connectivity index (χ4v) is 2.98. The van der Waals surface area contributed by atoms with Gasteiger partial charge >= 0.3 is 12.2 Å². The molecule has 0 saturated carbocycles. The zero-order valence-electron chi connectivity index (χ0n) is 17.6. The van der Waals surface area contributed by atoms with Gasteiger partial charge in [0.1, 0.15) is 17.2 Å². The van der Waals surface area contributed by atoms with Crippen LogP contribution in [0.1, 0.15) is 54.4 Å². The van der Waals surface area contributed by atoms with E-state index in [1.165, 1.54) is 12.2 Å². The maximum atomic E-state index is 13.2. The second-order valence-electron chi connectivity index (χ2n) is 8.76. The highest BCUT2D eigenvalue weighted by Crippen LogP contribution is 2.35. The Morgan fingerprint density at radius 3 is 2.11 bits per heavy atom. The highest BCUT2D eigenvalue weighted by atomic mass is 16.6. The zero-order valence-corrected chi connectivity index (χ0v) is 17.6. The highest BCUT2D eigenvalue weighted by Gasteiger charge is 2.61. The van der Waals surface area contributed by atoms with Crippen molar-refractivity contribution in [1.29, 1.82) is 0 Å². The molecule has 2 N–H and O–H groups in total. The summed E-state index contributed by atoms with van der Waals surface area (Å²) in [5.74, 6) is -0.545. The molecule has 0 bridgehead atoms. The third-order valence-electron chi connectivity index (χ3n) is 3.97. The Kier molecular flexibility index (Phi) is 7.06. The SMILES string of the molecule is C=CC[C@H]1C(=O)[C@](CC=C)(NC(=O)OC(C)(C)C)C(O)N1C(=O)OC(C)(C)C. The lowest BCUT2D eigenvalue weighted by atomic mass is 9.88. The molecule has 0 aliphatic carbocycles. The molecule has 0 spiro atoms. The molecule has 3 atom stereocenters. The minimum Gasteiger partial charge on any atom is -0.444 e. The molecule has 28 heavy (non-hydrogen) atoms. The molecule has 1 aliphatic heterocycles. The van der Waals surface area contributed by atoms with Crippen molar-refractivity contribution in [2.45, 2.75) is 83.4 Å². The van der Waals surface area contributed by atoms with E-state index in [0.29, 0.717) is 0 Å². The van der Waals surface area contributed by atoms with E-state index in [0.717, 1.165) is 4.90 Å². The number of rotatable bonds is 5. The molecule has 1 aliphatic rings. The summed E-state index contributed by atoms with van der Waals surface area (Å²) in [6.45, 7) is 17.3. The number of ketones is 1. The second-order valence-corrected chi connectivity index (χ2v) is 8.76. The zero-order chi connectivity index (χ0) is 21.9. The number of hydrogen-bond acceptors (Lipinski definition) is 6. The number of Topliss-reactive ketones (excluding diaryl/α,β-unsaturated/α-hetero) is 1. The summed E-state index contributed by atoms with van der Waals surface area (Å²) in [7, 11) is 0. The Morgan fingerprint density at radius 2 is 1.68 bits per heavy atom. The first kappa shape index (κ1) is 23.7. The maximum absolute atomic E-state index is 13.2. The van der Waals surface area contributed by atoms with Crippen LogP contribution >= 0.6 is 0 Å². The third-order valence-corrected chi connectivity index (χ3v) is 3.97. The molecule has 158 valence electrons. The Morgan fingerprint density at radius 1 is 1.14 bits per heavy atom. The Bertz CT molecular complexity index is 646. The van der Waals surface area contributed by atoms with Crippen LogP contribution in [-0.2, 0) is 14.3 Å². The van der Waals surface area contributed by atoms with Crippen LogP contribution in [0.5, 0.6) is 0 Å². The second kappa shape index (κ2) is 8.34. The van der Waals surface area contributed by atoms with E-state index < -0.39 is 47.0 Å². The highest BCUT2D eigenvalue weighted by molar-refractivity contribution is 6.01. The van der Waals surface area contributed by atoms with Gasteiger partial charge in [0.05, 0.1) is 0 Å². The quantitative estimate of drug-likeness (QED) is 0.692. The van der Waals surface area contributed by atoms with Gasteiger partial charge in [0.25, 0.3) is 0 Å². The fourth-order valence-electron chi connectivity index (χ4n) is 2.98. The topological polar surface area (TPSA) is 105 Å². The number of carbonyl (C=O) groups is 3. The van der Waals surface area contributed by atoms with Gasteiger partial charge in [0, 0.05) is 0 Å². The number of likely N-dealkylation sites (tertiary alicyclic amines) is 1. The van der Waals surface area contributed by atoms with Crippen molar-refractivity contribution in [2.24, 2.45) is 0 Å². The number of nitrogens with one attached hydrogen (secondary N) is 1. The molecule has 0 radical (unpaired) electrons. The van der Waals surface area contributed by atoms with Crippen LogP contribution in [0.3, 0.4) is 0 Å². The number of hydrogen-bond donors (Lipinski definition) is 2. The molecule has 0 aromatic heterocycles. The summed E-state index contributed by atoms with van der Waals surface area (Å²) in [5.41, 5.74) is -3.44. The number of aliphatic hydroxyl groups excluding tert-OH is 1. The van der Waals surface area contributed by atoms with E-state index in [1.807, 2.05) is 0 Å². The van der Waals surface area contributed by atoms with Gasteiger partial charge in [-0.25, -0.2) is 9.59 Å².